The summed E-state index contributed by atoms with van der Waals surface area (Å²) < 4.78 is 13.2. The van der Waals surface area contributed by atoms with Gasteiger partial charge in [0.15, 0.2) is 0 Å². The van der Waals surface area contributed by atoms with Gasteiger partial charge in [0.05, 0.1) is 6.10 Å². The second-order valence-electron chi connectivity index (χ2n) is 3.41. The minimum Gasteiger partial charge on any atom is -0.396 e. The molecule has 0 spiro atoms. The molecule has 0 saturated carbocycles. The fraction of sp³-hybridized carbons (Fsp3) is 0.455. The molecule has 1 atom stereocenters. The lowest BCUT2D eigenvalue weighted by Gasteiger charge is -2.11. The van der Waals surface area contributed by atoms with E-state index in [2.05, 4.69) is 0 Å². The van der Waals surface area contributed by atoms with Crippen LogP contribution in [0.4, 0.5) is 4.39 Å². The number of aliphatic hydroxyl groups is 2. The number of halogens is 1. The minimum absolute atomic E-state index is 0.0183. The average molecular weight is 198 g/mol. The Bertz CT molecular complexity index is 299. The Morgan fingerprint density at radius 2 is 2.14 bits per heavy atom. The molecule has 1 rings (SSSR count). The number of aliphatic hydroxyl groups excluding tert-OH is 2. The Balaban J connectivity index is 2.77. The molecule has 0 aliphatic rings. The van der Waals surface area contributed by atoms with Gasteiger partial charge in [-0.15, -0.1) is 0 Å². The minimum atomic E-state index is -0.818. The van der Waals surface area contributed by atoms with Gasteiger partial charge >= 0.3 is 0 Å². The molecule has 2 N–H and O–H groups in total. The van der Waals surface area contributed by atoms with Crippen molar-refractivity contribution in [1.82, 2.24) is 0 Å². The summed E-state index contributed by atoms with van der Waals surface area (Å²) in [5.41, 5.74) is 1.24. The molecule has 2 nitrogen and oxygen atoms in total. The number of benzene rings is 1. The largest absolute Gasteiger partial charge is 0.396 e. The van der Waals surface area contributed by atoms with Crippen molar-refractivity contribution < 1.29 is 14.6 Å². The molecule has 0 fully saturated rings. The molecule has 0 heterocycles. The summed E-state index contributed by atoms with van der Waals surface area (Å²) >= 11 is 0. The Morgan fingerprint density at radius 1 is 1.43 bits per heavy atom. The molecular weight excluding hydrogens is 183 g/mol. The maximum Gasteiger partial charge on any atom is 0.129 e. The van der Waals surface area contributed by atoms with Gasteiger partial charge in [-0.1, -0.05) is 17.7 Å². The van der Waals surface area contributed by atoms with Crippen molar-refractivity contribution in [2.75, 3.05) is 6.61 Å². The van der Waals surface area contributed by atoms with Gasteiger partial charge in [-0.05, 0) is 25.8 Å². The maximum absolute atomic E-state index is 13.2. The van der Waals surface area contributed by atoms with Crippen molar-refractivity contribution >= 4 is 0 Å². The van der Waals surface area contributed by atoms with Crippen LogP contribution in [0.2, 0.25) is 0 Å². The van der Waals surface area contributed by atoms with Crippen LogP contribution in [0.1, 0.15) is 30.1 Å². The molecule has 0 aromatic heterocycles. The van der Waals surface area contributed by atoms with Crippen LogP contribution in [-0.2, 0) is 0 Å². The van der Waals surface area contributed by atoms with Crippen molar-refractivity contribution in [2.45, 2.75) is 25.9 Å². The van der Waals surface area contributed by atoms with Crippen LogP contribution >= 0.6 is 0 Å². The quantitative estimate of drug-likeness (QED) is 0.776. The number of rotatable bonds is 4. The summed E-state index contributed by atoms with van der Waals surface area (Å²) in [5.74, 6) is -0.388. The first kappa shape index (κ1) is 11.1. The Hall–Kier alpha value is -0.930. The zero-order valence-corrected chi connectivity index (χ0v) is 8.20. The van der Waals surface area contributed by atoms with Crippen LogP contribution in [0.5, 0.6) is 0 Å². The first-order chi connectivity index (χ1) is 6.65. The molecule has 0 aliphatic heterocycles. The van der Waals surface area contributed by atoms with Crippen molar-refractivity contribution in [1.29, 1.82) is 0 Å². The van der Waals surface area contributed by atoms with Crippen LogP contribution in [0, 0.1) is 12.7 Å². The van der Waals surface area contributed by atoms with Crippen LogP contribution < -0.4 is 0 Å². The molecule has 0 aliphatic carbocycles. The Kier molecular flexibility index (Phi) is 4.04. The lowest BCUT2D eigenvalue weighted by molar-refractivity contribution is 0.148. The lowest BCUT2D eigenvalue weighted by Crippen LogP contribution is -2.02. The molecule has 14 heavy (non-hydrogen) atoms. The van der Waals surface area contributed by atoms with Crippen molar-refractivity contribution in [3.63, 3.8) is 0 Å². The zero-order chi connectivity index (χ0) is 10.6. The Labute approximate surface area is 83.0 Å². The summed E-state index contributed by atoms with van der Waals surface area (Å²) in [6.45, 7) is 1.87. The van der Waals surface area contributed by atoms with Gasteiger partial charge in [0.2, 0.25) is 0 Å². The first-order valence-corrected chi connectivity index (χ1v) is 4.70. The monoisotopic (exact) mass is 198 g/mol. The molecule has 1 aromatic rings. The van der Waals surface area contributed by atoms with E-state index in [1.165, 1.54) is 6.07 Å². The molecule has 3 heteroatoms. The molecule has 0 saturated heterocycles. The summed E-state index contributed by atoms with van der Waals surface area (Å²) in [4.78, 5) is 0. The van der Waals surface area contributed by atoms with Gasteiger partial charge in [-0.2, -0.15) is 0 Å². The van der Waals surface area contributed by atoms with E-state index in [-0.39, 0.29) is 12.4 Å². The number of hydrogen-bond donors (Lipinski definition) is 2. The third-order valence-corrected chi connectivity index (χ3v) is 2.15. The topological polar surface area (TPSA) is 40.5 Å². The third-order valence-electron chi connectivity index (χ3n) is 2.15. The fourth-order valence-electron chi connectivity index (χ4n) is 1.36. The first-order valence-electron chi connectivity index (χ1n) is 4.70. The van der Waals surface area contributed by atoms with Gasteiger partial charge < -0.3 is 10.2 Å². The average Bonchev–Trinajstić information content (AvgIpc) is 2.18. The van der Waals surface area contributed by atoms with E-state index in [0.29, 0.717) is 18.4 Å². The summed E-state index contributed by atoms with van der Waals surface area (Å²) in [6, 6.07) is 4.65. The maximum atomic E-state index is 13.2. The van der Waals surface area contributed by atoms with E-state index in [1.54, 1.807) is 12.1 Å². The van der Waals surface area contributed by atoms with Gasteiger partial charge in [-0.3, -0.25) is 0 Å². The van der Waals surface area contributed by atoms with Gasteiger partial charge in [0.1, 0.15) is 5.82 Å². The zero-order valence-electron chi connectivity index (χ0n) is 8.20. The van der Waals surface area contributed by atoms with E-state index in [0.717, 1.165) is 5.56 Å². The molecule has 0 amide bonds. The van der Waals surface area contributed by atoms with E-state index in [9.17, 15) is 9.50 Å². The highest BCUT2D eigenvalue weighted by atomic mass is 19.1. The summed E-state index contributed by atoms with van der Waals surface area (Å²) in [7, 11) is 0. The van der Waals surface area contributed by atoms with Gasteiger partial charge in [-0.25, -0.2) is 4.39 Å². The van der Waals surface area contributed by atoms with Crippen molar-refractivity contribution in [3.8, 4) is 0 Å². The molecule has 1 aromatic carbocycles. The molecule has 1 unspecified atom stereocenters. The number of hydrogen-bond acceptors (Lipinski definition) is 2. The Morgan fingerprint density at radius 3 is 2.79 bits per heavy atom. The second-order valence-corrected chi connectivity index (χ2v) is 3.41. The van der Waals surface area contributed by atoms with Crippen molar-refractivity contribution in [2.24, 2.45) is 0 Å². The molecule has 0 radical (unpaired) electrons. The van der Waals surface area contributed by atoms with Crippen LogP contribution in [0.3, 0.4) is 0 Å². The summed E-state index contributed by atoms with van der Waals surface area (Å²) in [5, 5.41) is 18.2. The second kappa shape index (κ2) is 5.08. The van der Waals surface area contributed by atoms with Crippen LogP contribution in [-0.4, -0.2) is 16.8 Å². The van der Waals surface area contributed by atoms with E-state index in [1.807, 2.05) is 6.92 Å². The molecular formula is C11H15FO2. The molecule has 0 bridgehead atoms. The smallest absolute Gasteiger partial charge is 0.129 e. The fourth-order valence-corrected chi connectivity index (χ4v) is 1.36. The highest BCUT2D eigenvalue weighted by Crippen LogP contribution is 2.22. The van der Waals surface area contributed by atoms with Crippen molar-refractivity contribution in [3.05, 3.63) is 35.1 Å². The van der Waals surface area contributed by atoms with E-state index >= 15 is 0 Å². The normalized spacial score (nSPS) is 12.9. The highest BCUT2D eigenvalue weighted by molar-refractivity contribution is 5.25. The third kappa shape index (κ3) is 2.79. The van der Waals surface area contributed by atoms with E-state index in [4.69, 9.17) is 5.11 Å². The van der Waals surface area contributed by atoms with Crippen LogP contribution in [0.15, 0.2) is 18.2 Å². The van der Waals surface area contributed by atoms with Crippen LogP contribution in [0.25, 0.3) is 0 Å². The SMILES string of the molecule is Cc1ccc(F)c(C(O)CCCO)c1. The lowest BCUT2D eigenvalue weighted by atomic mass is 10.0. The predicted octanol–water partition coefficient (Wildman–Crippen LogP) is 1.94. The highest BCUT2D eigenvalue weighted by Gasteiger charge is 2.11. The van der Waals surface area contributed by atoms with Gasteiger partial charge in [0, 0.05) is 12.2 Å². The molecule has 78 valence electrons. The van der Waals surface area contributed by atoms with E-state index < -0.39 is 6.10 Å². The standard InChI is InChI=1S/C11H15FO2/c1-8-4-5-10(12)9(7-8)11(14)3-2-6-13/h4-5,7,11,13-14H,2-3,6H2,1H3. The number of aryl methyl sites for hydroxylation is 1. The van der Waals surface area contributed by atoms with Gasteiger partial charge in [0.25, 0.3) is 0 Å². The predicted molar refractivity (Wildman–Crippen MR) is 52.4 cm³/mol. The summed E-state index contributed by atoms with van der Waals surface area (Å²) in [6.07, 6.45) is 0.0489.